The summed E-state index contributed by atoms with van der Waals surface area (Å²) in [5.74, 6) is 0.473. The number of benzene rings is 1. The van der Waals surface area contributed by atoms with E-state index in [1.807, 2.05) is 42.1 Å². The van der Waals surface area contributed by atoms with Crippen molar-refractivity contribution in [2.45, 2.75) is 24.8 Å². The zero-order valence-corrected chi connectivity index (χ0v) is 15.5. The average molecular weight is 377 g/mol. The number of carbonyl (C=O) groups excluding carboxylic acids is 2. The number of likely N-dealkylation sites (tertiary alicyclic amines) is 1. The van der Waals surface area contributed by atoms with Gasteiger partial charge in [-0.25, -0.2) is 9.97 Å². The van der Waals surface area contributed by atoms with Crippen LogP contribution in [0.15, 0.2) is 47.5 Å². The largest absolute Gasteiger partial charge is 0.438 e. The molecule has 2 atom stereocenters. The third-order valence-corrected chi connectivity index (χ3v) is 5.89. The van der Waals surface area contributed by atoms with Gasteiger partial charge in [-0.1, -0.05) is 18.2 Å². The van der Waals surface area contributed by atoms with Crippen molar-refractivity contribution in [3.05, 3.63) is 65.9 Å². The number of fused-ring (bicyclic) bond motifs is 2. The van der Waals surface area contributed by atoms with Gasteiger partial charge >= 0.3 is 0 Å². The zero-order valence-electron chi connectivity index (χ0n) is 15.5. The van der Waals surface area contributed by atoms with E-state index in [2.05, 4.69) is 15.3 Å². The summed E-state index contributed by atoms with van der Waals surface area (Å²) >= 11 is 0. The van der Waals surface area contributed by atoms with Crippen molar-refractivity contribution in [2.24, 2.45) is 7.05 Å². The van der Waals surface area contributed by atoms with E-state index in [1.165, 1.54) is 6.39 Å². The van der Waals surface area contributed by atoms with Gasteiger partial charge in [0.1, 0.15) is 17.3 Å². The molecule has 0 saturated carbocycles. The summed E-state index contributed by atoms with van der Waals surface area (Å²) < 4.78 is 7.21. The first-order valence-electron chi connectivity index (χ1n) is 9.13. The van der Waals surface area contributed by atoms with Crippen LogP contribution in [0.3, 0.4) is 0 Å². The first kappa shape index (κ1) is 16.7. The molecule has 0 bridgehead atoms. The molecule has 1 fully saturated rings. The molecule has 1 N–H and O–H groups in total. The van der Waals surface area contributed by atoms with Crippen LogP contribution in [0.1, 0.15) is 40.1 Å². The van der Waals surface area contributed by atoms with Crippen molar-refractivity contribution >= 4 is 17.5 Å². The predicted octanol–water partition coefficient (Wildman–Crippen LogP) is 2.19. The SMILES string of the molecule is Cc1ncoc1C(=O)N1CC[C@]2(C(=O)Nc3ccccc32)[C@@H]1c1nccn1C. The van der Waals surface area contributed by atoms with Crippen molar-refractivity contribution in [1.82, 2.24) is 19.4 Å². The Bertz CT molecular complexity index is 1100. The van der Waals surface area contributed by atoms with Gasteiger partial charge in [-0.3, -0.25) is 9.59 Å². The van der Waals surface area contributed by atoms with Crippen molar-refractivity contribution in [2.75, 3.05) is 11.9 Å². The molecule has 5 rings (SSSR count). The van der Waals surface area contributed by atoms with Crippen LogP contribution >= 0.6 is 0 Å². The normalized spacial score (nSPS) is 23.3. The third-order valence-electron chi connectivity index (χ3n) is 5.89. The summed E-state index contributed by atoms with van der Waals surface area (Å²) in [7, 11) is 1.87. The van der Waals surface area contributed by atoms with Crippen LogP contribution in [0.2, 0.25) is 0 Å². The number of amides is 2. The Kier molecular flexibility index (Phi) is 3.46. The van der Waals surface area contributed by atoms with Crippen LogP contribution in [0.25, 0.3) is 0 Å². The van der Waals surface area contributed by atoms with Gasteiger partial charge in [0.2, 0.25) is 11.7 Å². The number of nitrogens with zero attached hydrogens (tertiary/aromatic N) is 4. The summed E-state index contributed by atoms with van der Waals surface area (Å²) in [6, 6.07) is 7.11. The molecular weight excluding hydrogens is 358 g/mol. The van der Waals surface area contributed by atoms with Gasteiger partial charge in [0.15, 0.2) is 6.39 Å². The first-order valence-corrected chi connectivity index (χ1v) is 9.13. The van der Waals surface area contributed by atoms with Gasteiger partial charge in [0.05, 0.1) is 5.69 Å². The highest BCUT2D eigenvalue weighted by Gasteiger charge is 2.61. The third kappa shape index (κ3) is 2.05. The van der Waals surface area contributed by atoms with Crippen molar-refractivity contribution in [3.8, 4) is 0 Å². The Morgan fingerprint density at radius 1 is 1.32 bits per heavy atom. The van der Waals surface area contributed by atoms with Gasteiger partial charge in [-0.15, -0.1) is 0 Å². The molecule has 8 nitrogen and oxygen atoms in total. The molecule has 2 aliphatic rings. The Hall–Kier alpha value is -3.42. The van der Waals surface area contributed by atoms with Crippen LogP contribution < -0.4 is 5.32 Å². The van der Waals surface area contributed by atoms with Gasteiger partial charge in [-0.2, -0.15) is 0 Å². The zero-order chi connectivity index (χ0) is 19.5. The van der Waals surface area contributed by atoms with Gasteiger partial charge in [0.25, 0.3) is 5.91 Å². The molecule has 0 unspecified atom stereocenters. The van der Waals surface area contributed by atoms with E-state index in [4.69, 9.17) is 4.42 Å². The van der Waals surface area contributed by atoms with Crippen LogP contribution in [0.5, 0.6) is 0 Å². The Morgan fingerprint density at radius 2 is 2.14 bits per heavy atom. The minimum absolute atomic E-state index is 0.105. The molecule has 0 aliphatic carbocycles. The van der Waals surface area contributed by atoms with E-state index in [1.54, 1.807) is 18.0 Å². The molecule has 8 heteroatoms. The molecular formula is C20H19N5O3. The fourth-order valence-electron chi connectivity index (χ4n) is 4.54. The van der Waals surface area contributed by atoms with E-state index in [0.29, 0.717) is 24.5 Å². The molecule has 28 heavy (non-hydrogen) atoms. The number of anilines is 1. The second kappa shape index (κ2) is 5.79. The number of oxazole rings is 1. The van der Waals surface area contributed by atoms with Crippen LogP contribution in [-0.4, -0.2) is 37.8 Å². The molecule has 1 saturated heterocycles. The van der Waals surface area contributed by atoms with E-state index in [9.17, 15) is 9.59 Å². The minimum atomic E-state index is -0.890. The Balaban J connectivity index is 1.70. The molecule has 1 spiro atoms. The van der Waals surface area contributed by atoms with Gasteiger partial charge in [-0.05, 0) is 25.0 Å². The average Bonchev–Trinajstić information content (AvgIpc) is 3.43. The summed E-state index contributed by atoms with van der Waals surface area (Å²) in [6.45, 7) is 2.15. The number of aromatic nitrogens is 3. The molecule has 0 radical (unpaired) electrons. The minimum Gasteiger partial charge on any atom is -0.438 e. The molecule has 1 aromatic carbocycles. The number of nitrogens with one attached hydrogen (secondary N) is 1. The van der Waals surface area contributed by atoms with E-state index < -0.39 is 11.5 Å². The number of hydrogen-bond donors (Lipinski definition) is 1. The highest BCUT2D eigenvalue weighted by molar-refractivity contribution is 6.08. The highest BCUT2D eigenvalue weighted by atomic mass is 16.3. The second-order valence-corrected chi connectivity index (χ2v) is 7.29. The summed E-state index contributed by atoms with van der Waals surface area (Å²) in [6.07, 6.45) is 5.28. The van der Waals surface area contributed by atoms with Crippen LogP contribution in [0, 0.1) is 6.92 Å². The lowest BCUT2D eigenvalue weighted by Crippen LogP contribution is -2.43. The second-order valence-electron chi connectivity index (χ2n) is 7.29. The lowest BCUT2D eigenvalue weighted by atomic mass is 9.74. The molecule has 142 valence electrons. The number of aryl methyl sites for hydroxylation is 2. The molecule has 2 amide bonds. The van der Waals surface area contributed by atoms with Gasteiger partial charge < -0.3 is 19.2 Å². The Morgan fingerprint density at radius 3 is 2.86 bits per heavy atom. The van der Waals surface area contributed by atoms with Crippen LogP contribution in [-0.2, 0) is 17.3 Å². The van der Waals surface area contributed by atoms with Crippen molar-refractivity contribution in [3.63, 3.8) is 0 Å². The predicted molar refractivity (Wildman–Crippen MR) is 99.6 cm³/mol. The van der Waals surface area contributed by atoms with E-state index in [0.717, 1.165) is 11.3 Å². The Labute approximate surface area is 161 Å². The molecule has 2 aromatic heterocycles. The number of imidazole rings is 1. The summed E-state index contributed by atoms with van der Waals surface area (Å²) in [5.41, 5.74) is 1.33. The monoisotopic (exact) mass is 377 g/mol. The number of carbonyl (C=O) groups is 2. The number of para-hydroxylation sites is 1. The molecule has 3 aromatic rings. The summed E-state index contributed by atoms with van der Waals surface area (Å²) in [4.78, 5) is 36.8. The first-order chi connectivity index (χ1) is 13.5. The summed E-state index contributed by atoms with van der Waals surface area (Å²) in [5, 5.41) is 3.00. The maximum Gasteiger partial charge on any atom is 0.292 e. The number of rotatable bonds is 2. The standard InChI is InChI=1S/C20H19N5O3/c1-12-15(28-11-22-12)18(26)25-9-7-20(16(25)17-21-8-10-24(17)2)13-5-3-4-6-14(13)23-19(20)27/h3-6,8,10-11,16H,7,9H2,1-2H3,(H,23,27)/t16-,20+/m0/s1. The molecule has 2 aliphatic heterocycles. The number of hydrogen-bond acceptors (Lipinski definition) is 5. The quantitative estimate of drug-likeness (QED) is 0.739. The highest BCUT2D eigenvalue weighted by Crippen LogP contribution is 2.54. The smallest absolute Gasteiger partial charge is 0.292 e. The van der Waals surface area contributed by atoms with E-state index >= 15 is 0 Å². The van der Waals surface area contributed by atoms with Crippen LogP contribution in [0.4, 0.5) is 5.69 Å². The maximum absolute atomic E-state index is 13.3. The topological polar surface area (TPSA) is 93.3 Å². The fraction of sp³-hybridized carbons (Fsp3) is 0.300. The maximum atomic E-state index is 13.3. The molecule has 4 heterocycles. The lowest BCUT2D eigenvalue weighted by Gasteiger charge is -2.33. The lowest BCUT2D eigenvalue weighted by molar-refractivity contribution is -0.121. The fourth-order valence-corrected chi connectivity index (χ4v) is 4.54. The van der Waals surface area contributed by atoms with E-state index in [-0.39, 0.29) is 17.6 Å². The van der Waals surface area contributed by atoms with Crippen molar-refractivity contribution < 1.29 is 14.0 Å². The van der Waals surface area contributed by atoms with Gasteiger partial charge in [0, 0.05) is 31.7 Å². The van der Waals surface area contributed by atoms with Crippen molar-refractivity contribution in [1.29, 1.82) is 0 Å².